The SMILES string of the molecule is C[C@H](O)C12c3ccccc3C(c3ccccc31)[C@H]1C(=O)N(C)C(=O)[C@H]12. The highest BCUT2D eigenvalue weighted by atomic mass is 16.3. The molecule has 2 bridgehead atoms. The summed E-state index contributed by atoms with van der Waals surface area (Å²) in [6, 6.07) is 15.9. The van der Waals surface area contributed by atoms with Crippen LogP contribution in [0.4, 0.5) is 0 Å². The van der Waals surface area contributed by atoms with Crippen LogP contribution in [0, 0.1) is 11.8 Å². The summed E-state index contributed by atoms with van der Waals surface area (Å²) in [4.78, 5) is 27.3. The largest absolute Gasteiger partial charge is 0.392 e. The first-order chi connectivity index (χ1) is 12.0. The van der Waals surface area contributed by atoms with Crippen molar-refractivity contribution < 1.29 is 14.7 Å². The van der Waals surface area contributed by atoms with Gasteiger partial charge in [0.1, 0.15) is 0 Å². The van der Waals surface area contributed by atoms with Gasteiger partial charge >= 0.3 is 0 Å². The van der Waals surface area contributed by atoms with Crippen LogP contribution in [0.5, 0.6) is 0 Å². The Morgan fingerprint density at radius 1 is 0.960 bits per heavy atom. The number of carbonyl (C=O) groups excluding carboxylic acids is 2. The molecule has 3 aliphatic carbocycles. The number of hydrogen-bond donors (Lipinski definition) is 1. The average molecular weight is 333 g/mol. The maximum absolute atomic E-state index is 13.1. The molecule has 25 heavy (non-hydrogen) atoms. The summed E-state index contributed by atoms with van der Waals surface area (Å²) in [6.07, 6.45) is -0.785. The number of aliphatic hydroxyl groups excluding tert-OH is 1. The number of nitrogens with zero attached hydrogens (tertiary/aromatic N) is 1. The maximum Gasteiger partial charge on any atom is 0.234 e. The minimum Gasteiger partial charge on any atom is -0.392 e. The lowest BCUT2D eigenvalue weighted by Crippen LogP contribution is -2.58. The fourth-order valence-electron chi connectivity index (χ4n) is 5.68. The number of imide groups is 1. The molecular formula is C21H19NO3. The molecule has 0 spiro atoms. The third-order valence-corrected chi connectivity index (χ3v) is 6.56. The molecule has 2 amide bonds. The number of aliphatic hydroxyl groups is 1. The minimum atomic E-state index is -0.871. The minimum absolute atomic E-state index is 0.126. The van der Waals surface area contributed by atoms with E-state index < -0.39 is 23.4 Å². The Balaban J connectivity index is 1.96. The zero-order valence-corrected chi connectivity index (χ0v) is 14.1. The highest BCUT2D eigenvalue weighted by molar-refractivity contribution is 6.08. The summed E-state index contributed by atoms with van der Waals surface area (Å²) >= 11 is 0. The van der Waals surface area contributed by atoms with E-state index in [9.17, 15) is 14.7 Å². The van der Waals surface area contributed by atoms with Gasteiger partial charge in [0.05, 0.1) is 23.4 Å². The average Bonchev–Trinajstić information content (AvgIpc) is 2.86. The second kappa shape index (κ2) is 4.58. The molecule has 6 rings (SSSR count). The first-order valence-corrected chi connectivity index (χ1v) is 8.69. The first-order valence-electron chi connectivity index (χ1n) is 8.69. The standard InChI is InChI=1S/C21H19NO3/c1-11(23)21-14-9-5-3-7-12(14)16(13-8-4-6-10-15(13)21)17-18(21)20(25)22(2)19(17)24/h3-11,16-18,23H,1-2H3/t11-,16?,17+,18-,21?/m0/s1. The van der Waals surface area contributed by atoms with Gasteiger partial charge in [0.25, 0.3) is 0 Å². The molecule has 0 saturated carbocycles. The number of rotatable bonds is 1. The molecule has 1 saturated heterocycles. The van der Waals surface area contributed by atoms with E-state index in [1.165, 1.54) is 4.90 Å². The van der Waals surface area contributed by atoms with E-state index in [1.807, 2.05) is 48.5 Å². The lowest BCUT2D eigenvalue weighted by molar-refractivity contribution is -0.138. The van der Waals surface area contributed by atoms with Crippen molar-refractivity contribution in [3.8, 4) is 0 Å². The Hall–Kier alpha value is -2.46. The Labute approximate surface area is 146 Å². The second-order valence-electron chi connectivity index (χ2n) is 7.44. The number of carbonyl (C=O) groups is 2. The van der Waals surface area contributed by atoms with Gasteiger partial charge in [-0.1, -0.05) is 48.5 Å². The van der Waals surface area contributed by atoms with Crippen molar-refractivity contribution in [3.63, 3.8) is 0 Å². The normalized spacial score (nSPS) is 33.1. The lowest BCUT2D eigenvalue weighted by Gasteiger charge is -2.55. The highest BCUT2D eigenvalue weighted by Gasteiger charge is 2.68. The van der Waals surface area contributed by atoms with Crippen LogP contribution in [0.25, 0.3) is 0 Å². The molecule has 1 aliphatic heterocycles. The van der Waals surface area contributed by atoms with Crippen LogP contribution in [0.2, 0.25) is 0 Å². The van der Waals surface area contributed by atoms with Gasteiger partial charge in [-0.05, 0) is 29.2 Å². The van der Waals surface area contributed by atoms with Gasteiger partial charge in [-0.2, -0.15) is 0 Å². The summed E-state index contributed by atoms with van der Waals surface area (Å²) in [5, 5.41) is 11.0. The maximum atomic E-state index is 13.1. The second-order valence-corrected chi connectivity index (χ2v) is 7.44. The summed E-state index contributed by atoms with van der Waals surface area (Å²) < 4.78 is 0. The Morgan fingerprint density at radius 3 is 2.00 bits per heavy atom. The van der Waals surface area contributed by atoms with Gasteiger partial charge in [0.15, 0.2) is 0 Å². The first kappa shape index (κ1) is 14.8. The molecule has 4 aliphatic rings. The third-order valence-electron chi connectivity index (χ3n) is 6.56. The molecule has 1 fully saturated rings. The number of hydrogen-bond acceptors (Lipinski definition) is 3. The summed E-state index contributed by atoms with van der Waals surface area (Å²) in [7, 11) is 1.56. The number of likely N-dealkylation sites (tertiary alicyclic amines) is 1. The zero-order valence-electron chi connectivity index (χ0n) is 14.1. The molecule has 3 atom stereocenters. The number of amides is 2. The molecule has 1 heterocycles. The quantitative estimate of drug-likeness (QED) is 0.813. The third kappa shape index (κ3) is 1.44. The van der Waals surface area contributed by atoms with Crippen molar-refractivity contribution >= 4 is 11.8 Å². The smallest absolute Gasteiger partial charge is 0.234 e. The van der Waals surface area contributed by atoms with Crippen molar-refractivity contribution in [1.82, 2.24) is 4.90 Å². The molecule has 2 aromatic rings. The van der Waals surface area contributed by atoms with Crippen molar-refractivity contribution in [2.24, 2.45) is 11.8 Å². The van der Waals surface area contributed by atoms with Gasteiger partial charge in [-0.3, -0.25) is 14.5 Å². The highest BCUT2D eigenvalue weighted by Crippen LogP contribution is 2.64. The van der Waals surface area contributed by atoms with Crippen LogP contribution in [0.1, 0.15) is 35.1 Å². The predicted molar refractivity (Wildman–Crippen MR) is 91.9 cm³/mol. The Bertz CT molecular complexity index is 885. The van der Waals surface area contributed by atoms with Crippen LogP contribution in [0.15, 0.2) is 48.5 Å². The fourth-order valence-corrected chi connectivity index (χ4v) is 5.68. The van der Waals surface area contributed by atoms with E-state index in [1.54, 1.807) is 14.0 Å². The van der Waals surface area contributed by atoms with Crippen molar-refractivity contribution in [2.45, 2.75) is 24.4 Å². The van der Waals surface area contributed by atoms with Crippen LogP contribution < -0.4 is 0 Å². The summed E-state index contributed by atoms with van der Waals surface area (Å²) in [5.41, 5.74) is 3.25. The van der Waals surface area contributed by atoms with E-state index in [2.05, 4.69) is 0 Å². The van der Waals surface area contributed by atoms with Gasteiger partial charge < -0.3 is 5.11 Å². The van der Waals surface area contributed by atoms with Crippen LogP contribution in [-0.4, -0.2) is 35.0 Å². The topological polar surface area (TPSA) is 57.6 Å². The summed E-state index contributed by atoms with van der Waals surface area (Å²) in [5.74, 6) is -1.41. The molecule has 2 aromatic carbocycles. The lowest BCUT2D eigenvalue weighted by atomic mass is 9.46. The fraction of sp³-hybridized carbons (Fsp3) is 0.333. The molecule has 0 aromatic heterocycles. The van der Waals surface area contributed by atoms with E-state index >= 15 is 0 Å². The molecular weight excluding hydrogens is 314 g/mol. The van der Waals surface area contributed by atoms with E-state index in [4.69, 9.17) is 0 Å². The van der Waals surface area contributed by atoms with Crippen LogP contribution >= 0.6 is 0 Å². The van der Waals surface area contributed by atoms with Crippen LogP contribution in [-0.2, 0) is 15.0 Å². The van der Waals surface area contributed by atoms with E-state index in [-0.39, 0.29) is 17.7 Å². The molecule has 1 N–H and O–H groups in total. The molecule has 126 valence electrons. The van der Waals surface area contributed by atoms with Gasteiger partial charge in [-0.15, -0.1) is 0 Å². The van der Waals surface area contributed by atoms with E-state index in [0.29, 0.717) is 0 Å². The molecule has 0 unspecified atom stereocenters. The van der Waals surface area contributed by atoms with E-state index in [0.717, 1.165) is 22.3 Å². The molecule has 4 nitrogen and oxygen atoms in total. The number of benzene rings is 2. The summed E-state index contributed by atoms with van der Waals surface area (Å²) in [6.45, 7) is 1.74. The van der Waals surface area contributed by atoms with Gasteiger partial charge in [0, 0.05) is 13.0 Å². The monoisotopic (exact) mass is 333 g/mol. The molecule has 0 radical (unpaired) electrons. The zero-order chi connectivity index (χ0) is 17.5. The van der Waals surface area contributed by atoms with Crippen molar-refractivity contribution in [1.29, 1.82) is 0 Å². The van der Waals surface area contributed by atoms with Crippen LogP contribution in [0.3, 0.4) is 0 Å². The van der Waals surface area contributed by atoms with Gasteiger partial charge in [-0.25, -0.2) is 0 Å². The predicted octanol–water partition coefficient (Wildman–Crippen LogP) is 2.04. The van der Waals surface area contributed by atoms with Crippen molar-refractivity contribution in [2.75, 3.05) is 7.05 Å². The van der Waals surface area contributed by atoms with Crippen molar-refractivity contribution in [3.05, 3.63) is 70.8 Å². The Morgan fingerprint density at radius 2 is 1.48 bits per heavy atom. The molecule has 4 heteroatoms. The van der Waals surface area contributed by atoms with Gasteiger partial charge in [0.2, 0.25) is 11.8 Å². The Kier molecular flexibility index (Phi) is 2.72.